The smallest absolute Gasteiger partial charge is 0.339 e. The van der Waals surface area contributed by atoms with Crippen molar-refractivity contribution in [3.63, 3.8) is 0 Å². The van der Waals surface area contributed by atoms with Crippen LogP contribution in [0.5, 0.6) is 11.5 Å². The standard InChI is InChI=1S/C22H27NO5S/c1-16(2)13-14-23-22(24)12-8-18-7-11-20(21(15-18)27-4)28-29(25,26)19-9-5-17(3)6-10-19/h5-12,15-16H,13-14H2,1-4H3,(H,23,24)/b12-8+. The number of carbonyl (C=O) groups excluding carboxylic acids is 1. The predicted molar refractivity (Wildman–Crippen MR) is 113 cm³/mol. The number of ether oxygens (including phenoxy) is 1. The molecule has 0 aliphatic rings. The molecule has 0 saturated heterocycles. The molecule has 1 N–H and O–H groups in total. The van der Waals surface area contributed by atoms with Gasteiger partial charge in [-0.15, -0.1) is 0 Å². The summed E-state index contributed by atoms with van der Waals surface area (Å²) in [6, 6.07) is 11.2. The van der Waals surface area contributed by atoms with E-state index in [1.165, 1.54) is 31.4 Å². The van der Waals surface area contributed by atoms with E-state index < -0.39 is 10.1 Å². The van der Waals surface area contributed by atoms with Gasteiger partial charge < -0.3 is 14.2 Å². The molecule has 0 bridgehead atoms. The number of aryl methyl sites for hydroxylation is 1. The molecule has 0 heterocycles. The maximum Gasteiger partial charge on any atom is 0.339 e. The highest BCUT2D eigenvalue weighted by molar-refractivity contribution is 7.87. The van der Waals surface area contributed by atoms with Crippen LogP contribution < -0.4 is 14.2 Å². The van der Waals surface area contributed by atoms with Gasteiger partial charge in [0.05, 0.1) is 7.11 Å². The Hall–Kier alpha value is -2.80. The summed E-state index contributed by atoms with van der Waals surface area (Å²) >= 11 is 0. The van der Waals surface area contributed by atoms with Crippen LogP contribution in [-0.2, 0) is 14.9 Å². The topological polar surface area (TPSA) is 81.7 Å². The molecule has 0 unspecified atom stereocenters. The summed E-state index contributed by atoms with van der Waals surface area (Å²) in [4.78, 5) is 11.9. The van der Waals surface area contributed by atoms with Crippen molar-refractivity contribution in [2.45, 2.75) is 32.1 Å². The quantitative estimate of drug-likeness (QED) is 0.494. The van der Waals surface area contributed by atoms with Gasteiger partial charge in [-0.05, 0) is 55.2 Å². The van der Waals surface area contributed by atoms with E-state index in [0.717, 1.165) is 12.0 Å². The van der Waals surface area contributed by atoms with Gasteiger partial charge in [-0.1, -0.05) is 37.6 Å². The molecule has 0 aliphatic carbocycles. The number of amides is 1. The number of hydrogen-bond donors (Lipinski definition) is 1. The van der Waals surface area contributed by atoms with Gasteiger partial charge in [-0.3, -0.25) is 4.79 Å². The second-order valence-electron chi connectivity index (χ2n) is 7.07. The zero-order chi connectivity index (χ0) is 21.4. The summed E-state index contributed by atoms with van der Waals surface area (Å²) in [5, 5.41) is 2.82. The fourth-order valence-corrected chi connectivity index (χ4v) is 3.38. The van der Waals surface area contributed by atoms with Gasteiger partial charge in [0.25, 0.3) is 0 Å². The number of benzene rings is 2. The third kappa shape index (κ3) is 6.94. The summed E-state index contributed by atoms with van der Waals surface area (Å²) in [5.74, 6) is 0.661. The Labute approximate surface area is 172 Å². The number of hydrogen-bond acceptors (Lipinski definition) is 5. The summed E-state index contributed by atoms with van der Waals surface area (Å²) in [5.41, 5.74) is 1.63. The van der Waals surface area contributed by atoms with E-state index in [1.54, 1.807) is 30.3 Å². The van der Waals surface area contributed by atoms with Crippen molar-refractivity contribution in [1.29, 1.82) is 0 Å². The second-order valence-corrected chi connectivity index (χ2v) is 8.61. The minimum absolute atomic E-state index is 0.0622. The molecule has 0 atom stereocenters. The molecule has 0 aliphatic heterocycles. The molecule has 0 aromatic heterocycles. The first kappa shape index (κ1) is 22.5. The number of carbonyl (C=O) groups is 1. The number of nitrogens with one attached hydrogen (secondary N) is 1. The highest BCUT2D eigenvalue weighted by Crippen LogP contribution is 2.31. The Morgan fingerprint density at radius 3 is 2.41 bits per heavy atom. The van der Waals surface area contributed by atoms with Crippen LogP contribution in [0.4, 0.5) is 0 Å². The molecule has 0 spiro atoms. The molecule has 2 aromatic carbocycles. The summed E-state index contributed by atoms with van der Waals surface area (Å²) in [7, 11) is -2.56. The van der Waals surface area contributed by atoms with Crippen LogP contribution >= 0.6 is 0 Å². The lowest BCUT2D eigenvalue weighted by Crippen LogP contribution is -2.23. The van der Waals surface area contributed by atoms with Gasteiger partial charge in [0.2, 0.25) is 5.91 Å². The normalized spacial score (nSPS) is 11.6. The highest BCUT2D eigenvalue weighted by Gasteiger charge is 2.19. The predicted octanol–water partition coefficient (Wildman–Crippen LogP) is 3.95. The van der Waals surface area contributed by atoms with Crippen LogP contribution in [0.25, 0.3) is 6.08 Å². The van der Waals surface area contributed by atoms with Crippen LogP contribution in [0.1, 0.15) is 31.4 Å². The summed E-state index contributed by atoms with van der Waals surface area (Å²) in [6.45, 7) is 6.68. The Morgan fingerprint density at radius 2 is 1.79 bits per heavy atom. The summed E-state index contributed by atoms with van der Waals surface area (Å²) < 4.78 is 35.5. The van der Waals surface area contributed by atoms with Crippen LogP contribution in [0.3, 0.4) is 0 Å². The van der Waals surface area contributed by atoms with E-state index in [0.29, 0.717) is 18.0 Å². The molecular formula is C22H27NO5S. The van der Waals surface area contributed by atoms with Gasteiger partial charge in [-0.25, -0.2) is 0 Å². The van der Waals surface area contributed by atoms with Crippen LogP contribution in [-0.4, -0.2) is 28.0 Å². The lowest BCUT2D eigenvalue weighted by molar-refractivity contribution is -0.116. The molecular weight excluding hydrogens is 390 g/mol. The fraction of sp³-hybridized carbons (Fsp3) is 0.318. The average molecular weight is 418 g/mol. The highest BCUT2D eigenvalue weighted by atomic mass is 32.2. The van der Waals surface area contributed by atoms with E-state index in [4.69, 9.17) is 8.92 Å². The van der Waals surface area contributed by atoms with E-state index in [2.05, 4.69) is 19.2 Å². The lowest BCUT2D eigenvalue weighted by atomic mass is 10.1. The van der Waals surface area contributed by atoms with Crippen molar-refractivity contribution < 1.29 is 22.1 Å². The van der Waals surface area contributed by atoms with E-state index in [9.17, 15) is 13.2 Å². The van der Waals surface area contributed by atoms with Gasteiger partial charge in [0.1, 0.15) is 4.90 Å². The minimum Gasteiger partial charge on any atom is -0.493 e. The zero-order valence-corrected chi connectivity index (χ0v) is 18.0. The average Bonchev–Trinajstić information content (AvgIpc) is 2.67. The Morgan fingerprint density at radius 1 is 1.10 bits per heavy atom. The fourth-order valence-electron chi connectivity index (χ4n) is 2.44. The molecule has 2 rings (SSSR count). The molecule has 0 saturated carbocycles. The maximum atomic E-state index is 12.5. The van der Waals surface area contributed by atoms with Crippen molar-refractivity contribution in [2.24, 2.45) is 5.92 Å². The monoisotopic (exact) mass is 417 g/mol. The van der Waals surface area contributed by atoms with Crippen LogP contribution in [0.15, 0.2) is 53.4 Å². The molecule has 2 aromatic rings. The minimum atomic E-state index is -3.98. The molecule has 7 heteroatoms. The SMILES string of the molecule is COc1cc(/C=C/C(=O)NCCC(C)C)ccc1OS(=O)(=O)c1ccc(C)cc1. The van der Waals surface area contributed by atoms with Crippen LogP contribution in [0.2, 0.25) is 0 Å². The number of methoxy groups -OCH3 is 1. The van der Waals surface area contributed by atoms with Crippen molar-refractivity contribution in [2.75, 3.05) is 13.7 Å². The molecule has 1 amide bonds. The molecule has 0 fully saturated rings. The largest absolute Gasteiger partial charge is 0.493 e. The third-order valence-electron chi connectivity index (χ3n) is 4.14. The van der Waals surface area contributed by atoms with E-state index in [1.807, 2.05) is 6.92 Å². The summed E-state index contributed by atoms with van der Waals surface area (Å²) in [6.07, 6.45) is 3.97. The van der Waals surface area contributed by atoms with Gasteiger partial charge in [0.15, 0.2) is 11.5 Å². The Bertz CT molecular complexity index is 963. The molecule has 0 radical (unpaired) electrons. The third-order valence-corrected chi connectivity index (χ3v) is 5.39. The molecule has 29 heavy (non-hydrogen) atoms. The van der Waals surface area contributed by atoms with Crippen molar-refractivity contribution in [3.05, 3.63) is 59.7 Å². The van der Waals surface area contributed by atoms with Gasteiger partial charge in [0, 0.05) is 12.6 Å². The first-order valence-corrected chi connectivity index (χ1v) is 10.8. The number of rotatable bonds is 9. The van der Waals surface area contributed by atoms with Crippen molar-refractivity contribution in [1.82, 2.24) is 5.32 Å². The second kappa shape index (κ2) is 10.1. The van der Waals surface area contributed by atoms with Crippen molar-refractivity contribution in [3.8, 4) is 11.5 Å². The van der Waals surface area contributed by atoms with Gasteiger partial charge >= 0.3 is 10.1 Å². The lowest BCUT2D eigenvalue weighted by Gasteiger charge is -2.11. The molecule has 156 valence electrons. The first-order valence-electron chi connectivity index (χ1n) is 9.36. The van der Waals surface area contributed by atoms with Crippen molar-refractivity contribution >= 4 is 22.1 Å². The van der Waals surface area contributed by atoms with Crippen LogP contribution in [0, 0.1) is 12.8 Å². The Balaban J connectivity index is 2.11. The maximum absolute atomic E-state index is 12.5. The van der Waals surface area contributed by atoms with E-state index in [-0.39, 0.29) is 22.3 Å². The molecule has 6 nitrogen and oxygen atoms in total. The first-order chi connectivity index (χ1) is 13.7. The van der Waals surface area contributed by atoms with Gasteiger partial charge in [-0.2, -0.15) is 8.42 Å². The zero-order valence-electron chi connectivity index (χ0n) is 17.1. The van der Waals surface area contributed by atoms with E-state index >= 15 is 0 Å². The Kier molecular flexibility index (Phi) is 7.84.